The minimum Gasteiger partial charge on any atom is -0.364 e. The number of hydrogen-bond acceptors (Lipinski definition) is 3. The molecule has 0 atom stereocenters. The van der Waals surface area contributed by atoms with Crippen molar-refractivity contribution in [2.75, 3.05) is 19.0 Å². The summed E-state index contributed by atoms with van der Waals surface area (Å²) in [5, 5.41) is 8.26. The van der Waals surface area contributed by atoms with Crippen molar-refractivity contribution in [3.8, 4) is 0 Å². The molecule has 0 aliphatic rings. The molecule has 2 aromatic rings. The van der Waals surface area contributed by atoms with E-state index in [0.717, 1.165) is 23.7 Å². The van der Waals surface area contributed by atoms with Gasteiger partial charge in [-0.25, -0.2) is 0 Å². The fourth-order valence-electron chi connectivity index (χ4n) is 1.56. The van der Waals surface area contributed by atoms with Gasteiger partial charge in [-0.15, -0.1) is 10.2 Å². The fraction of sp³-hybridized carbons (Fsp3) is 0.400. The molecule has 4 heteroatoms. The zero-order chi connectivity index (χ0) is 10.1. The molecule has 0 bridgehead atoms. The van der Waals surface area contributed by atoms with E-state index in [1.807, 2.05) is 26.2 Å². The van der Waals surface area contributed by atoms with Crippen molar-refractivity contribution in [2.45, 2.75) is 13.3 Å². The van der Waals surface area contributed by atoms with Gasteiger partial charge in [-0.3, -0.25) is 4.40 Å². The minimum atomic E-state index is 0.895. The van der Waals surface area contributed by atoms with Crippen LogP contribution in [-0.2, 0) is 6.42 Å². The van der Waals surface area contributed by atoms with Crippen LogP contribution in [0, 0.1) is 0 Å². The van der Waals surface area contributed by atoms with Gasteiger partial charge in [0.2, 0.25) is 0 Å². The predicted octanol–water partition coefficient (Wildman–Crippen LogP) is 1.36. The highest BCUT2D eigenvalue weighted by Gasteiger charge is 2.07. The quantitative estimate of drug-likeness (QED) is 0.717. The maximum Gasteiger partial charge on any atom is 0.162 e. The number of hydrogen-bond donors (Lipinski definition) is 0. The van der Waals surface area contributed by atoms with Gasteiger partial charge >= 0.3 is 0 Å². The first-order valence-corrected chi connectivity index (χ1v) is 4.74. The molecule has 4 nitrogen and oxygen atoms in total. The molecule has 0 amide bonds. The Morgan fingerprint density at radius 3 is 2.71 bits per heavy atom. The second kappa shape index (κ2) is 3.29. The average Bonchev–Trinajstić information content (AvgIpc) is 2.59. The van der Waals surface area contributed by atoms with Gasteiger partial charge in [0, 0.05) is 20.5 Å². The summed E-state index contributed by atoms with van der Waals surface area (Å²) in [4.78, 5) is 2.06. The van der Waals surface area contributed by atoms with Gasteiger partial charge < -0.3 is 4.90 Å². The Bertz CT molecular complexity index is 444. The number of pyridine rings is 1. The smallest absolute Gasteiger partial charge is 0.162 e. The first-order chi connectivity index (χ1) is 6.74. The summed E-state index contributed by atoms with van der Waals surface area (Å²) in [5.74, 6) is 2.12. The number of anilines is 1. The number of nitrogens with zero attached hydrogens (tertiary/aromatic N) is 4. The van der Waals surface area contributed by atoms with E-state index >= 15 is 0 Å². The van der Waals surface area contributed by atoms with E-state index in [0.29, 0.717) is 0 Å². The van der Waals surface area contributed by atoms with E-state index in [1.165, 1.54) is 0 Å². The third-order valence-electron chi connectivity index (χ3n) is 2.25. The van der Waals surface area contributed by atoms with Gasteiger partial charge in [-0.1, -0.05) is 13.0 Å². The first kappa shape index (κ1) is 8.99. The standard InChI is InChI=1S/C10H14N4/c1-4-8-11-12-9-6-5-7-10(13(2)3)14(8)9/h5-7H,4H2,1-3H3. The molecule has 0 aliphatic heterocycles. The molecule has 0 aromatic carbocycles. The second-order valence-corrected chi connectivity index (χ2v) is 3.44. The van der Waals surface area contributed by atoms with Gasteiger partial charge in [0.15, 0.2) is 5.65 Å². The Hall–Kier alpha value is -1.58. The molecular weight excluding hydrogens is 176 g/mol. The lowest BCUT2D eigenvalue weighted by Gasteiger charge is -2.14. The first-order valence-electron chi connectivity index (χ1n) is 4.74. The third-order valence-corrected chi connectivity index (χ3v) is 2.25. The molecule has 0 radical (unpaired) electrons. The SMILES string of the molecule is CCc1nnc2cccc(N(C)C)n12. The number of rotatable bonds is 2. The van der Waals surface area contributed by atoms with Crippen LogP contribution in [0.5, 0.6) is 0 Å². The maximum absolute atomic E-state index is 4.14. The van der Waals surface area contributed by atoms with Crippen molar-refractivity contribution in [2.24, 2.45) is 0 Å². The molecule has 0 saturated heterocycles. The van der Waals surface area contributed by atoms with Crippen molar-refractivity contribution in [1.82, 2.24) is 14.6 Å². The Morgan fingerprint density at radius 2 is 2.07 bits per heavy atom. The van der Waals surface area contributed by atoms with Crippen LogP contribution in [0.25, 0.3) is 5.65 Å². The van der Waals surface area contributed by atoms with Gasteiger partial charge in [0.1, 0.15) is 11.6 Å². The van der Waals surface area contributed by atoms with Crippen LogP contribution in [0.3, 0.4) is 0 Å². The van der Waals surface area contributed by atoms with E-state index in [-0.39, 0.29) is 0 Å². The molecule has 0 spiro atoms. The van der Waals surface area contributed by atoms with E-state index in [1.54, 1.807) is 0 Å². The summed E-state index contributed by atoms with van der Waals surface area (Å²) in [6, 6.07) is 6.04. The van der Waals surface area contributed by atoms with E-state index in [4.69, 9.17) is 0 Å². The summed E-state index contributed by atoms with van der Waals surface area (Å²) < 4.78 is 2.08. The van der Waals surface area contributed by atoms with Crippen LogP contribution in [0.2, 0.25) is 0 Å². The summed E-state index contributed by atoms with van der Waals surface area (Å²) in [7, 11) is 4.04. The summed E-state index contributed by atoms with van der Waals surface area (Å²) in [5.41, 5.74) is 0.910. The molecule has 0 saturated carbocycles. The summed E-state index contributed by atoms with van der Waals surface area (Å²) in [6.07, 6.45) is 0.895. The van der Waals surface area contributed by atoms with Crippen LogP contribution in [0.1, 0.15) is 12.7 Å². The van der Waals surface area contributed by atoms with Gasteiger partial charge in [-0.05, 0) is 12.1 Å². The highest BCUT2D eigenvalue weighted by atomic mass is 15.3. The molecule has 0 aliphatic carbocycles. The van der Waals surface area contributed by atoms with E-state index < -0.39 is 0 Å². The van der Waals surface area contributed by atoms with Crippen LogP contribution >= 0.6 is 0 Å². The molecule has 0 fully saturated rings. The Labute approximate surface area is 83.2 Å². The molecule has 2 heterocycles. The third kappa shape index (κ3) is 1.23. The summed E-state index contributed by atoms with van der Waals surface area (Å²) in [6.45, 7) is 2.09. The Balaban J connectivity index is 2.75. The minimum absolute atomic E-state index is 0.895. The number of fused-ring (bicyclic) bond motifs is 1. The van der Waals surface area contributed by atoms with Gasteiger partial charge in [-0.2, -0.15) is 0 Å². The zero-order valence-electron chi connectivity index (χ0n) is 8.73. The predicted molar refractivity (Wildman–Crippen MR) is 56.7 cm³/mol. The Kier molecular flexibility index (Phi) is 2.11. The van der Waals surface area contributed by atoms with Crippen molar-refractivity contribution in [1.29, 1.82) is 0 Å². The van der Waals surface area contributed by atoms with Crippen LogP contribution < -0.4 is 4.90 Å². The van der Waals surface area contributed by atoms with E-state index in [9.17, 15) is 0 Å². The molecule has 0 N–H and O–H groups in total. The summed E-state index contributed by atoms with van der Waals surface area (Å²) >= 11 is 0. The molecule has 2 rings (SSSR count). The molecule has 0 unspecified atom stereocenters. The molecule has 2 aromatic heterocycles. The number of aryl methyl sites for hydroxylation is 1. The van der Waals surface area contributed by atoms with Crippen LogP contribution in [0.15, 0.2) is 18.2 Å². The second-order valence-electron chi connectivity index (χ2n) is 3.44. The highest BCUT2D eigenvalue weighted by Crippen LogP contribution is 2.15. The lowest BCUT2D eigenvalue weighted by Crippen LogP contribution is -2.13. The van der Waals surface area contributed by atoms with Gasteiger partial charge in [0.05, 0.1) is 0 Å². The van der Waals surface area contributed by atoms with Crippen LogP contribution in [-0.4, -0.2) is 28.7 Å². The van der Waals surface area contributed by atoms with Gasteiger partial charge in [0.25, 0.3) is 0 Å². The highest BCUT2D eigenvalue weighted by molar-refractivity contribution is 5.51. The van der Waals surface area contributed by atoms with E-state index in [2.05, 4.69) is 32.5 Å². The lowest BCUT2D eigenvalue weighted by molar-refractivity contribution is 0.893. The monoisotopic (exact) mass is 190 g/mol. The largest absolute Gasteiger partial charge is 0.364 e. The molecule has 74 valence electrons. The zero-order valence-corrected chi connectivity index (χ0v) is 8.73. The Morgan fingerprint density at radius 1 is 1.29 bits per heavy atom. The van der Waals surface area contributed by atoms with Crippen molar-refractivity contribution < 1.29 is 0 Å². The molecule has 14 heavy (non-hydrogen) atoms. The number of aromatic nitrogens is 3. The van der Waals surface area contributed by atoms with Crippen molar-refractivity contribution in [3.63, 3.8) is 0 Å². The fourth-order valence-corrected chi connectivity index (χ4v) is 1.56. The van der Waals surface area contributed by atoms with Crippen LogP contribution in [0.4, 0.5) is 5.82 Å². The van der Waals surface area contributed by atoms with Crippen molar-refractivity contribution in [3.05, 3.63) is 24.0 Å². The normalized spacial score (nSPS) is 10.8. The topological polar surface area (TPSA) is 33.4 Å². The lowest BCUT2D eigenvalue weighted by atomic mass is 10.4. The maximum atomic E-state index is 4.14. The van der Waals surface area contributed by atoms with Crippen molar-refractivity contribution >= 4 is 11.5 Å². The molecular formula is C10H14N4. The average molecular weight is 190 g/mol.